The van der Waals surface area contributed by atoms with Gasteiger partial charge in [-0.2, -0.15) is 5.10 Å². The summed E-state index contributed by atoms with van der Waals surface area (Å²) in [4.78, 5) is 9.90. The number of amides is 2. The van der Waals surface area contributed by atoms with E-state index in [0.29, 0.717) is 0 Å². The predicted octanol–water partition coefficient (Wildman–Crippen LogP) is 0.393. The first-order valence-corrected chi connectivity index (χ1v) is 2.55. The van der Waals surface area contributed by atoms with Crippen molar-refractivity contribution in [2.24, 2.45) is 10.8 Å². The molecule has 0 aliphatic rings. The lowest BCUT2D eigenvalue weighted by Gasteiger charge is -1.85. The van der Waals surface area contributed by atoms with Crippen LogP contribution in [-0.4, -0.2) is 12.2 Å². The van der Waals surface area contributed by atoms with Crippen LogP contribution in [-0.2, 0) is 0 Å². The van der Waals surface area contributed by atoms with Gasteiger partial charge in [0.1, 0.15) is 0 Å². The fraction of sp³-hybridized carbons (Fsp3) is 0. The highest BCUT2D eigenvalue weighted by atomic mass is 35.5. The largest absolute Gasteiger partial charge is 0.350 e. The average molecular weight is 148 g/mol. The molecule has 9 heavy (non-hydrogen) atoms. The number of urea groups is 1. The SMILES string of the molecule is NC(=O)N/N=C/C=C/Cl. The molecule has 0 saturated carbocycles. The number of hydrogen-bond acceptors (Lipinski definition) is 2. The summed E-state index contributed by atoms with van der Waals surface area (Å²) >= 11 is 5.10. The molecule has 5 heteroatoms. The molecule has 0 aliphatic carbocycles. The molecule has 50 valence electrons. The Morgan fingerprint density at radius 2 is 2.44 bits per heavy atom. The number of hydrogen-bond donors (Lipinski definition) is 2. The molecule has 0 unspecified atom stereocenters. The van der Waals surface area contributed by atoms with E-state index in [4.69, 9.17) is 11.6 Å². The molecule has 0 saturated heterocycles. The minimum Gasteiger partial charge on any atom is -0.350 e. The highest BCUT2D eigenvalue weighted by Gasteiger charge is 1.79. The van der Waals surface area contributed by atoms with E-state index in [1.54, 1.807) is 0 Å². The number of nitrogens with two attached hydrogens (primary N) is 1. The summed E-state index contributed by atoms with van der Waals surface area (Å²) in [5.41, 5.74) is 7.89. The van der Waals surface area contributed by atoms with Gasteiger partial charge >= 0.3 is 6.03 Å². The third kappa shape index (κ3) is 6.97. The minimum absolute atomic E-state index is 0.700. The van der Waals surface area contributed by atoms with Crippen molar-refractivity contribution < 1.29 is 4.79 Å². The van der Waals surface area contributed by atoms with Gasteiger partial charge in [-0.05, 0) is 6.08 Å². The van der Waals surface area contributed by atoms with Crippen LogP contribution in [0.5, 0.6) is 0 Å². The lowest BCUT2D eigenvalue weighted by Crippen LogP contribution is -2.24. The van der Waals surface area contributed by atoms with E-state index in [1.807, 2.05) is 5.43 Å². The second-order valence-corrected chi connectivity index (χ2v) is 1.32. The molecule has 4 nitrogen and oxygen atoms in total. The first-order valence-electron chi connectivity index (χ1n) is 2.11. The number of hydrazone groups is 1. The van der Waals surface area contributed by atoms with Crippen molar-refractivity contribution in [1.29, 1.82) is 0 Å². The topological polar surface area (TPSA) is 67.5 Å². The third-order valence-electron chi connectivity index (χ3n) is 0.408. The van der Waals surface area contributed by atoms with Crippen LogP contribution in [0.25, 0.3) is 0 Å². The predicted molar refractivity (Wildman–Crippen MR) is 36.2 cm³/mol. The zero-order valence-corrected chi connectivity index (χ0v) is 5.30. The molecule has 3 N–H and O–H groups in total. The Balaban J connectivity index is 3.36. The quantitative estimate of drug-likeness (QED) is 0.431. The molecule has 0 aromatic carbocycles. The molecular weight excluding hydrogens is 142 g/mol. The van der Waals surface area contributed by atoms with Crippen LogP contribution in [0.4, 0.5) is 4.79 Å². The van der Waals surface area contributed by atoms with E-state index in [1.165, 1.54) is 17.8 Å². The maximum Gasteiger partial charge on any atom is 0.332 e. The van der Waals surface area contributed by atoms with Crippen molar-refractivity contribution in [3.63, 3.8) is 0 Å². The van der Waals surface area contributed by atoms with E-state index in [9.17, 15) is 4.79 Å². The summed E-state index contributed by atoms with van der Waals surface area (Å²) in [5, 5.41) is 3.34. The molecule has 0 spiro atoms. The summed E-state index contributed by atoms with van der Waals surface area (Å²) in [5.74, 6) is 0. The number of nitrogens with zero attached hydrogens (tertiary/aromatic N) is 1. The van der Waals surface area contributed by atoms with E-state index >= 15 is 0 Å². The van der Waals surface area contributed by atoms with Crippen LogP contribution in [0.3, 0.4) is 0 Å². The summed E-state index contributed by atoms with van der Waals surface area (Å²) in [6.45, 7) is 0. The van der Waals surface area contributed by atoms with Gasteiger partial charge < -0.3 is 5.73 Å². The van der Waals surface area contributed by atoms with Gasteiger partial charge in [0, 0.05) is 11.7 Å². The number of nitrogens with one attached hydrogen (secondary N) is 1. The van der Waals surface area contributed by atoms with Gasteiger partial charge in [-0.1, -0.05) is 11.6 Å². The Labute approximate surface area is 57.4 Å². The van der Waals surface area contributed by atoms with E-state index < -0.39 is 6.03 Å². The first-order chi connectivity index (χ1) is 4.27. The van der Waals surface area contributed by atoms with Gasteiger partial charge in [0.15, 0.2) is 0 Å². The summed E-state index contributed by atoms with van der Waals surface area (Å²) in [6.07, 6.45) is 2.75. The highest BCUT2D eigenvalue weighted by Crippen LogP contribution is 1.72. The van der Waals surface area contributed by atoms with Crippen LogP contribution < -0.4 is 11.2 Å². The molecule has 2 amide bonds. The Morgan fingerprint density at radius 3 is 2.89 bits per heavy atom. The van der Waals surface area contributed by atoms with Crippen molar-refractivity contribution in [3.8, 4) is 0 Å². The minimum atomic E-state index is -0.700. The Hall–Kier alpha value is -1.03. The fourth-order valence-electron chi connectivity index (χ4n) is 0.176. The zero-order valence-electron chi connectivity index (χ0n) is 4.54. The molecule has 0 bridgehead atoms. The van der Waals surface area contributed by atoms with E-state index in [-0.39, 0.29) is 0 Å². The van der Waals surface area contributed by atoms with Gasteiger partial charge in [-0.3, -0.25) is 0 Å². The second-order valence-electron chi connectivity index (χ2n) is 1.07. The van der Waals surface area contributed by atoms with Crippen LogP contribution in [0, 0.1) is 0 Å². The van der Waals surface area contributed by atoms with Crippen LogP contribution in [0.1, 0.15) is 0 Å². The first kappa shape index (κ1) is 7.97. The number of carbonyl (C=O) groups is 1. The Bertz CT molecular complexity index is 143. The third-order valence-corrected chi connectivity index (χ3v) is 0.554. The molecule has 0 aromatic rings. The molecular formula is C4H6ClN3O. The van der Waals surface area contributed by atoms with E-state index in [0.717, 1.165) is 0 Å². The smallest absolute Gasteiger partial charge is 0.332 e. The summed E-state index contributed by atoms with van der Waals surface area (Å²) < 4.78 is 0. The molecule has 0 heterocycles. The molecule has 0 atom stereocenters. The summed E-state index contributed by atoms with van der Waals surface area (Å²) in [7, 11) is 0. The lowest BCUT2D eigenvalue weighted by molar-refractivity contribution is 0.249. The highest BCUT2D eigenvalue weighted by molar-refractivity contribution is 6.26. The second kappa shape index (κ2) is 5.11. The summed E-state index contributed by atoms with van der Waals surface area (Å²) in [6, 6.07) is -0.700. The van der Waals surface area contributed by atoms with Crippen LogP contribution in [0.2, 0.25) is 0 Å². The molecule has 0 fully saturated rings. The van der Waals surface area contributed by atoms with Gasteiger partial charge in [0.05, 0.1) is 0 Å². The number of primary amides is 1. The van der Waals surface area contributed by atoms with Crippen molar-refractivity contribution in [1.82, 2.24) is 5.43 Å². The molecule has 0 radical (unpaired) electrons. The standard InChI is InChI=1S/C4H6ClN3O/c5-2-1-3-7-8-4(6)9/h1-3H,(H3,6,8,9)/b2-1+,7-3+. The van der Waals surface area contributed by atoms with Crippen molar-refractivity contribution in [2.45, 2.75) is 0 Å². The fourth-order valence-corrected chi connectivity index (χ4v) is 0.242. The molecule has 0 rings (SSSR count). The maximum atomic E-state index is 9.90. The number of allylic oxidation sites excluding steroid dienone is 1. The number of rotatable bonds is 2. The normalized spacial score (nSPS) is 10.8. The van der Waals surface area contributed by atoms with Crippen LogP contribution in [0.15, 0.2) is 16.7 Å². The maximum absolute atomic E-state index is 9.90. The van der Waals surface area contributed by atoms with Crippen molar-refractivity contribution in [3.05, 3.63) is 11.6 Å². The van der Waals surface area contributed by atoms with Gasteiger partial charge in [-0.25, -0.2) is 10.2 Å². The Kier molecular flexibility index (Phi) is 4.53. The van der Waals surface area contributed by atoms with Crippen molar-refractivity contribution >= 4 is 23.8 Å². The van der Waals surface area contributed by atoms with Crippen LogP contribution >= 0.6 is 11.6 Å². The van der Waals surface area contributed by atoms with Gasteiger partial charge in [-0.15, -0.1) is 0 Å². The van der Waals surface area contributed by atoms with Gasteiger partial charge in [0.25, 0.3) is 0 Å². The molecule has 0 aliphatic heterocycles. The monoisotopic (exact) mass is 147 g/mol. The number of carbonyl (C=O) groups excluding carboxylic acids is 1. The lowest BCUT2D eigenvalue weighted by atomic mass is 10.7. The zero-order chi connectivity index (χ0) is 7.11. The van der Waals surface area contributed by atoms with E-state index in [2.05, 4.69) is 10.8 Å². The van der Waals surface area contributed by atoms with Gasteiger partial charge in [0.2, 0.25) is 0 Å². The van der Waals surface area contributed by atoms with Crippen molar-refractivity contribution in [2.75, 3.05) is 0 Å². The average Bonchev–Trinajstić information content (AvgIpc) is 1.80. The Morgan fingerprint density at radius 1 is 1.78 bits per heavy atom. The molecule has 0 aromatic heterocycles. The number of halogens is 1.